The first kappa shape index (κ1) is 20.7. The number of nitrogens with one attached hydrogen (secondary N) is 1. The first-order chi connectivity index (χ1) is 14.6. The molecule has 2 fully saturated rings. The zero-order valence-electron chi connectivity index (χ0n) is 17.5. The van der Waals surface area contributed by atoms with Crippen LogP contribution >= 0.6 is 0 Å². The third kappa shape index (κ3) is 4.77. The van der Waals surface area contributed by atoms with E-state index in [-0.39, 0.29) is 23.4 Å². The number of phenols is 1. The van der Waals surface area contributed by atoms with E-state index in [0.717, 1.165) is 50.9 Å². The minimum atomic E-state index is -0.0549. The molecule has 0 aliphatic carbocycles. The summed E-state index contributed by atoms with van der Waals surface area (Å²) in [5.41, 5.74) is 1.71. The molecule has 0 radical (unpaired) electrons. The summed E-state index contributed by atoms with van der Waals surface area (Å²) in [6.07, 6.45) is 4.12. The van der Waals surface area contributed by atoms with Crippen LogP contribution in [0, 0.1) is 0 Å². The quantitative estimate of drug-likeness (QED) is 0.764. The molecule has 160 valence electrons. The van der Waals surface area contributed by atoms with Gasteiger partial charge < -0.3 is 19.9 Å². The maximum Gasteiger partial charge on any atom is 0.251 e. The standard InChI is InChI=1S/C24H30N2O4/c1-29-22-8-7-18(15-21(22)27)17-26-13-11-24(12-14-26)10-9-20(30-24)16-25-23(28)19-5-3-2-4-6-19/h2-8,15,20,27H,9-14,16-17H2,1H3,(H,25,28). The van der Waals surface area contributed by atoms with Gasteiger partial charge in [-0.3, -0.25) is 9.69 Å². The van der Waals surface area contributed by atoms with Crippen LogP contribution in [0.25, 0.3) is 0 Å². The second-order valence-corrected chi connectivity index (χ2v) is 8.32. The minimum absolute atomic E-state index is 0.0438. The Morgan fingerprint density at radius 2 is 1.97 bits per heavy atom. The molecule has 1 atom stereocenters. The number of hydrogen-bond acceptors (Lipinski definition) is 5. The molecule has 2 N–H and O–H groups in total. The predicted molar refractivity (Wildman–Crippen MR) is 115 cm³/mol. The van der Waals surface area contributed by atoms with E-state index in [0.29, 0.717) is 17.9 Å². The average Bonchev–Trinajstić information content (AvgIpc) is 3.17. The zero-order chi connectivity index (χ0) is 21.0. The largest absolute Gasteiger partial charge is 0.504 e. The number of benzene rings is 2. The van der Waals surface area contributed by atoms with E-state index in [2.05, 4.69) is 10.2 Å². The number of aromatic hydroxyl groups is 1. The third-order valence-corrected chi connectivity index (χ3v) is 6.28. The summed E-state index contributed by atoms with van der Waals surface area (Å²) in [7, 11) is 1.56. The van der Waals surface area contributed by atoms with Gasteiger partial charge in [0.15, 0.2) is 11.5 Å². The monoisotopic (exact) mass is 410 g/mol. The summed E-state index contributed by atoms with van der Waals surface area (Å²) >= 11 is 0. The van der Waals surface area contributed by atoms with Crippen LogP contribution in [0.4, 0.5) is 0 Å². The molecule has 2 aliphatic rings. The highest BCUT2D eigenvalue weighted by atomic mass is 16.5. The van der Waals surface area contributed by atoms with Gasteiger partial charge in [-0.2, -0.15) is 0 Å². The molecule has 0 aromatic heterocycles. The van der Waals surface area contributed by atoms with Crippen molar-refractivity contribution in [3.05, 3.63) is 59.7 Å². The van der Waals surface area contributed by atoms with Gasteiger partial charge in [-0.1, -0.05) is 24.3 Å². The van der Waals surface area contributed by atoms with Crippen LogP contribution in [0.5, 0.6) is 11.5 Å². The van der Waals surface area contributed by atoms with E-state index in [1.165, 1.54) is 0 Å². The van der Waals surface area contributed by atoms with Gasteiger partial charge in [-0.15, -0.1) is 0 Å². The lowest BCUT2D eigenvalue weighted by Crippen LogP contribution is -2.44. The lowest BCUT2D eigenvalue weighted by Gasteiger charge is -2.39. The highest BCUT2D eigenvalue weighted by Gasteiger charge is 2.42. The molecule has 2 aromatic rings. The van der Waals surface area contributed by atoms with E-state index in [1.54, 1.807) is 13.2 Å². The number of rotatable bonds is 6. The lowest BCUT2D eigenvalue weighted by atomic mass is 9.88. The van der Waals surface area contributed by atoms with Crippen LogP contribution in [0.3, 0.4) is 0 Å². The van der Waals surface area contributed by atoms with Gasteiger partial charge in [0.1, 0.15) is 0 Å². The highest BCUT2D eigenvalue weighted by molar-refractivity contribution is 5.94. The Morgan fingerprint density at radius 1 is 1.20 bits per heavy atom. The number of nitrogens with zero attached hydrogens (tertiary/aromatic N) is 1. The van der Waals surface area contributed by atoms with Gasteiger partial charge in [0.05, 0.1) is 18.8 Å². The Kier molecular flexibility index (Phi) is 6.25. The second kappa shape index (κ2) is 9.06. The Labute approximate surface area is 177 Å². The van der Waals surface area contributed by atoms with Crippen molar-refractivity contribution in [3.8, 4) is 11.5 Å². The fraction of sp³-hybridized carbons (Fsp3) is 0.458. The van der Waals surface area contributed by atoms with E-state index >= 15 is 0 Å². The van der Waals surface area contributed by atoms with Gasteiger partial charge in [0.25, 0.3) is 5.91 Å². The molecule has 2 aliphatic heterocycles. The van der Waals surface area contributed by atoms with Crippen LogP contribution in [0.15, 0.2) is 48.5 Å². The molecule has 2 saturated heterocycles. The van der Waals surface area contributed by atoms with Crippen LogP contribution in [-0.4, -0.2) is 54.4 Å². The maximum absolute atomic E-state index is 12.3. The zero-order valence-corrected chi connectivity index (χ0v) is 17.5. The van der Waals surface area contributed by atoms with E-state index in [4.69, 9.17) is 9.47 Å². The number of carbonyl (C=O) groups excluding carboxylic acids is 1. The van der Waals surface area contributed by atoms with Crippen molar-refractivity contribution in [2.45, 2.75) is 43.9 Å². The van der Waals surface area contributed by atoms with Crippen LogP contribution < -0.4 is 10.1 Å². The third-order valence-electron chi connectivity index (χ3n) is 6.28. The lowest BCUT2D eigenvalue weighted by molar-refractivity contribution is -0.0764. The molecule has 0 saturated carbocycles. The van der Waals surface area contributed by atoms with E-state index in [1.807, 2.05) is 42.5 Å². The van der Waals surface area contributed by atoms with Crippen LogP contribution in [0.2, 0.25) is 0 Å². The second-order valence-electron chi connectivity index (χ2n) is 8.32. The predicted octanol–water partition coefficient (Wildman–Crippen LogP) is 3.34. The Hall–Kier alpha value is -2.57. The summed E-state index contributed by atoms with van der Waals surface area (Å²) in [6, 6.07) is 14.9. The SMILES string of the molecule is COc1ccc(CN2CCC3(CCC(CNC(=O)c4ccccc4)O3)CC2)cc1O. The highest BCUT2D eigenvalue weighted by Crippen LogP contribution is 2.39. The molecule has 6 heteroatoms. The Balaban J connectivity index is 1.24. The minimum Gasteiger partial charge on any atom is -0.504 e. The fourth-order valence-electron chi connectivity index (χ4n) is 4.52. The number of amides is 1. The van der Waals surface area contributed by atoms with Gasteiger partial charge in [0, 0.05) is 31.7 Å². The summed E-state index contributed by atoms with van der Waals surface area (Å²) in [5, 5.41) is 13.0. The first-order valence-corrected chi connectivity index (χ1v) is 10.7. The van der Waals surface area contributed by atoms with E-state index in [9.17, 15) is 9.90 Å². The fourth-order valence-corrected chi connectivity index (χ4v) is 4.52. The summed E-state index contributed by atoms with van der Waals surface area (Å²) in [6.45, 7) is 3.31. The van der Waals surface area contributed by atoms with Gasteiger partial charge in [0.2, 0.25) is 0 Å². The van der Waals surface area contributed by atoms with Crippen molar-refractivity contribution in [3.63, 3.8) is 0 Å². The molecule has 1 amide bonds. The number of hydrogen-bond donors (Lipinski definition) is 2. The van der Waals surface area contributed by atoms with Crippen molar-refractivity contribution in [2.75, 3.05) is 26.7 Å². The Morgan fingerprint density at radius 3 is 2.67 bits per heavy atom. The first-order valence-electron chi connectivity index (χ1n) is 10.7. The molecule has 4 rings (SSSR count). The molecule has 2 heterocycles. The molecule has 0 bridgehead atoms. The average molecular weight is 411 g/mol. The molecule has 1 unspecified atom stereocenters. The van der Waals surface area contributed by atoms with Crippen molar-refractivity contribution >= 4 is 5.91 Å². The molecule has 6 nitrogen and oxygen atoms in total. The number of likely N-dealkylation sites (tertiary alicyclic amines) is 1. The van der Waals surface area contributed by atoms with Gasteiger partial charge in [-0.05, 0) is 55.5 Å². The molecule has 2 aromatic carbocycles. The van der Waals surface area contributed by atoms with Crippen LogP contribution in [0.1, 0.15) is 41.6 Å². The summed E-state index contributed by atoms with van der Waals surface area (Å²) in [5.74, 6) is 0.641. The summed E-state index contributed by atoms with van der Waals surface area (Å²) < 4.78 is 11.5. The number of methoxy groups -OCH3 is 1. The maximum atomic E-state index is 12.3. The molecule has 1 spiro atoms. The molecular formula is C24H30N2O4. The smallest absolute Gasteiger partial charge is 0.251 e. The normalized spacial score (nSPS) is 20.9. The number of carbonyl (C=O) groups is 1. The van der Waals surface area contributed by atoms with Crippen molar-refractivity contribution in [1.82, 2.24) is 10.2 Å². The van der Waals surface area contributed by atoms with Crippen molar-refractivity contribution < 1.29 is 19.4 Å². The number of ether oxygens (including phenoxy) is 2. The number of piperidine rings is 1. The van der Waals surface area contributed by atoms with E-state index < -0.39 is 0 Å². The van der Waals surface area contributed by atoms with Crippen molar-refractivity contribution in [1.29, 1.82) is 0 Å². The Bertz CT molecular complexity index is 863. The van der Waals surface area contributed by atoms with Gasteiger partial charge >= 0.3 is 0 Å². The van der Waals surface area contributed by atoms with Crippen LogP contribution in [-0.2, 0) is 11.3 Å². The molecule has 30 heavy (non-hydrogen) atoms. The topological polar surface area (TPSA) is 71.0 Å². The number of phenolic OH excluding ortho intramolecular Hbond substituents is 1. The van der Waals surface area contributed by atoms with Crippen molar-refractivity contribution in [2.24, 2.45) is 0 Å². The van der Waals surface area contributed by atoms with Gasteiger partial charge in [-0.25, -0.2) is 0 Å². The summed E-state index contributed by atoms with van der Waals surface area (Å²) in [4.78, 5) is 14.7. The molecular weight excluding hydrogens is 380 g/mol.